The van der Waals surface area contributed by atoms with Crippen molar-refractivity contribution in [3.8, 4) is 0 Å². The maximum Gasteiger partial charge on any atom is 0.323 e. The molecule has 5 heteroatoms. The van der Waals surface area contributed by atoms with Crippen molar-refractivity contribution in [1.82, 2.24) is 9.80 Å². The molecule has 0 aromatic rings. The number of carbonyl (C=O) groups is 2. The van der Waals surface area contributed by atoms with Gasteiger partial charge >= 0.3 is 5.97 Å². The Balaban J connectivity index is 2.31. The number of hydrogen-bond acceptors (Lipinski definition) is 4. The van der Waals surface area contributed by atoms with E-state index in [1.54, 1.807) is 19.0 Å². The largest absolute Gasteiger partial charge is 0.468 e. The van der Waals surface area contributed by atoms with Crippen LogP contribution in [0.1, 0.15) is 25.7 Å². The van der Waals surface area contributed by atoms with Crippen LogP contribution in [0.4, 0.5) is 0 Å². The highest BCUT2D eigenvalue weighted by Crippen LogP contribution is 2.18. The molecule has 1 atom stereocenters. The number of methoxy groups -OCH3 is 1. The van der Waals surface area contributed by atoms with Crippen molar-refractivity contribution < 1.29 is 14.3 Å². The molecule has 0 aromatic carbocycles. The lowest BCUT2D eigenvalue weighted by Gasteiger charge is -2.22. The third-order valence-corrected chi connectivity index (χ3v) is 3.17. The van der Waals surface area contributed by atoms with E-state index >= 15 is 0 Å². The van der Waals surface area contributed by atoms with Gasteiger partial charge in [0.2, 0.25) is 5.91 Å². The number of hydrogen-bond donors (Lipinski definition) is 0. The molecule has 1 fully saturated rings. The molecule has 0 bridgehead atoms. The van der Waals surface area contributed by atoms with Gasteiger partial charge in [0.25, 0.3) is 0 Å². The lowest BCUT2D eigenvalue weighted by atomic mass is 10.2. The van der Waals surface area contributed by atoms with Crippen molar-refractivity contribution in [2.45, 2.75) is 31.7 Å². The number of esters is 1. The molecule has 0 radical (unpaired) electrons. The minimum absolute atomic E-state index is 0.102. The van der Waals surface area contributed by atoms with E-state index in [2.05, 4.69) is 4.90 Å². The number of likely N-dealkylation sites (tertiary alicyclic amines) is 1. The van der Waals surface area contributed by atoms with E-state index < -0.39 is 0 Å². The van der Waals surface area contributed by atoms with Crippen LogP contribution in [0.3, 0.4) is 0 Å². The Kier molecular flexibility index (Phi) is 5.41. The Bertz CT molecular complexity index is 279. The van der Waals surface area contributed by atoms with Gasteiger partial charge in [-0.15, -0.1) is 0 Å². The SMILES string of the molecule is COC(=O)C1CCCN1CCCC(=O)N(C)C. The van der Waals surface area contributed by atoms with E-state index in [0.29, 0.717) is 6.42 Å². The van der Waals surface area contributed by atoms with Crippen molar-refractivity contribution >= 4 is 11.9 Å². The van der Waals surface area contributed by atoms with Crippen LogP contribution in [-0.4, -0.2) is 62.0 Å². The summed E-state index contributed by atoms with van der Waals surface area (Å²) >= 11 is 0. The van der Waals surface area contributed by atoms with Crippen LogP contribution in [0.15, 0.2) is 0 Å². The van der Waals surface area contributed by atoms with Crippen LogP contribution in [0.25, 0.3) is 0 Å². The number of ether oxygens (including phenoxy) is 1. The van der Waals surface area contributed by atoms with Crippen LogP contribution in [0, 0.1) is 0 Å². The highest BCUT2D eigenvalue weighted by atomic mass is 16.5. The normalized spacial score (nSPS) is 20.3. The van der Waals surface area contributed by atoms with Crippen molar-refractivity contribution in [1.29, 1.82) is 0 Å². The number of rotatable bonds is 5. The van der Waals surface area contributed by atoms with Crippen molar-refractivity contribution in [3.63, 3.8) is 0 Å². The molecule has 0 spiro atoms. The molecule has 1 saturated heterocycles. The zero-order valence-electron chi connectivity index (χ0n) is 10.9. The molecule has 0 saturated carbocycles. The minimum atomic E-state index is -0.151. The third kappa shape index (κ3) is 4.00. The van der Waals surface area contributed by atoms with E-state index in [1.807, 2.05) is 0 Å². The molecule has 1 aliphatic heterocycles. The predicted molar refractivity (Wildman–Crippen MR) is 64.5 cm³/mol. The van der Waals surface area contributed by atoms with Gasteiger partial charge in [-0.25, -0.2) is 0 Å². The monoisotopic (exact) mass is 242 g/mol. The summed E-state index contributed by atoms with van der Waals surface area (Å²) in [7, 11) is 4.94. The Labute approximate surface area is 103 Å². The zero-order valence-corrected chi connectivity index (χ0v) is 10.9. The van der Waals surface area contributed by atoms with E-state index in [4.69, 9.17) is 4.74 Å². The second-order valence-electron chi connectivity index (χ2n) is 4.61. The van der Waals surface area contributed by atoms with Crippen LogP contribution in [0.5, 0.6) is 0 Å². The summed E-state index contributed by atoms with van der Waals surface area (Å²) in [4.78, 5) is 26.6. The molecule has 1 aliphatic rings. The first-order valence-electron chi connectivity index (χ1n) is 6.08. The van der Waals surface area contributed by atoms with E-state index in [1.165, 1.54) is 7.11 Å². The maximum absolute atomic E-state index is 11.5. The lowest BCUT2D eigenvalue weighted by Crippen LogP contribution is -2.37. The van der Waals surface area contributed by atoms with E-state index in [0.717, 1.165) is 32.4 Å². The Morgan fingerprint density at radius 1 is 1.41 bits per heavy atom. The topological polar surface area (TPSA) is 49.9 Å². The molecule has 0 aliphatic carbocycles. The van der Waals surface area contributed by atoms with Crippen LogP contribution in [-0.2, 0) is 14.3 Å². The van der Waals surface area contributed by atoms with Crippen LogP contribution < -0.4 is 0 Å². The van der Waals surface area contributed by atoms with Gasteiger partial charge in [0.1, 0.15) is 6.04 Å². The molecular formula is C12H22N2O3. The van der Waals surface area contributed by atoms with Gasteiger partial charge in [-0.2, -0.15) is 0 Å². The van der Waals surface area contributed by atoms with Gasteiger partial charge < -0.3 is 9.64 Å². The first kappa shape index (κ1) is 14.0. The van der Waals surface area contributed by atoms with E-state index in [-0.39, 0.29) is 17.9 Å². The zero-order chi connectivity index (χ0) is 12.8. The second-order valence-corrected chi connectivity index (χ2v) is 4.61. The summed E-state index contributed by atoms with van der Waals surface area (Å²) in [5.74, 6) is -0.0137. The molecule has 1 rings (SSSR count). The van der Waals surface area contributed by atoms with Gasteiger partial charge in [-0.3, -0.25) is 14.5 Å². The van der Waals surface area contributed by atoms with Crippen molar-refractivity contribution in [2.75, 3.05) is 34.3 Å². The van der Waals surface area contributed by atoms with Gasteiger partial charge in [-0.1, -0.05) is 0 Å². The van der Waals surface area contributed by atoms with E-state index in [9.17, 15) is 9.59 Å². The molecule has 1 amide bonds. The van der Waals surface area contributed by atoms with Gasteiger partial charge in [0.15, 0.2) is 0 Å². The number of amides is 1. The molecule has 5 nitrogen and oxygen atoms in total. The quantitative estimate of drug-likeness (QED) is 0.658. The first-order chi connectivity index (χ1) is 8.06. The number of nitrogens with zero attached hydrogens (tertiary/aromatic N) is 2. The highest BCUT2D eigenvalue weighted by molar-refractivity contribution is 5.76. The second kappa shape index (κ2) is 6.59. The standard InChI is InChI=1S/C12H22N2O3/c1-13(2)11(15)7-5-9-14-8-4-6-10(14)12(16)17-3/h10H,4-9H2,1-3H3. The van der Waals surface area contributed by atoms with Gasteiger partial charge in [-0.05, 0) is 32.4 Å². The average Bonchev–Trinajstić information content (AvgIpc) is 2.76. The predicted octanol–water partition coefficient (Wildman–Crippen LogP) is 0.492. The molecule has 1 unspecified atom stereocenters. The fourth-order valence-electron chi connectivity index (χ4n) is 2.15. The molecule has 98 valence electrons. The summed E-state index contributed by atoms with van der Waals surface area (Å²) in [6.07, 6.45) is 3.23. The summed E-state index contributed by atoms with van der Waals surface area (Å²) in [6.45, 7) is 1.72. The fourth-order valence-corrected chi connectivity index (χ4v) is 2.15. The van der Waals surface area contributed by atoms with Gasteiger partial charge in [0, 0.05) is 20.5 Å². The molecule has 0 N–H and O–H groups in total. The van der Waals surface area contributed by atoms with Crippen molar-refractivity contribution in [2.24, 2.45) is 0 Å². The summed E-state index contributed by atoms with van der Waals surface area (Å²) < 4.78 is 4.77. The summed E-state index contributed by atoms with van der Waals surface area (Å²) in [6, 6.07) is -0.102. The van der Waals surface area contributed by atoms with Gasteiger partial charge in [0.05, 0.1) is 7.11 Å². The van der Waals surface area contributed by atoms with Crippen LogP contribution >= 0.6 is 0 Å². The van der Waals surface area contributed by atoms with Crippen molar-refractivity contribution in [3.05, 3.63) is 0 Å². The molecular weight excluding hydrogens is 220 g/mol. The average molecular weight is 242 g/mol. The smallest absolute Gasteiger partial charge is 0.323 e. The fraction of sp³-hybridized carbons (Fsp3) is 0.833. The number of carbonyl (C=O) groups excluding carboxylic acids is 2. The molecule has 0 aromatic heterocycles. The minimum Gasteiger partial charge on any atom is -0.468 e. The Hall–Kier alpha value is -1.10. The maximum atomic E-state index is 11.5. The highest BCUT2D eigenvalue weighted by Gasteiger charge is 2.30. The summed E-state index contributed by atoms with van der Waals surface area (Å²) in [5.41, 5.74) is 0. The molecule has 1 heterocycles. The Morgan fingerprint density at radius 2 is 2.12 bits per heavy atom. The summed E-state index contributed by atoms with van der Waals surface area (Å²) in [5, 5.41) is 0. The Morgan fingerprint density at radius 3 is 2.71 bits per heavy atom. The molecule has 17 heavy (non-hydrogen) atoms. The third-order valence-electron chi connectivity index (χ3n) is 3.17. The lowest BCUT2D eigenvalue weighted by molar-refractivity contribution is -0.145. The first-order valence-corrected chi connectivity index (χ1v) is 6.08. The van der Waals surface area contributed by atoms with Crippen LogP contribution in [0.2, 0.25) is 0 Å².